The molecule has 2 saturated heterocycles. The number of carbonyl (C=O) groups is 1. The minimum Gasteiger partial charge on any atom is -0.374 e. The van der Waals surface area contributed by atoms with E-state index < -0.39 is 25.6 Å². The molecule has 0 aromatic carbocycles. The summed E-state index contributed by atoms with van der Waals surface area (Å²) in [6.45, 7) is -1.51. The largest absolute Gasteiger partial charge is 0.374 e. The zero-order chi connectivity index (χ0) is 15.5. The van der Waals surface area contributed by atoms with Gasteiger partial charge in [-0.15, -0.1) is 0 Å². The molecule has 0 aromatic rings. The lowest BCUT2D eigenvalue weighted by atomic mass is 9.83. The van der Waals surface area contributed by atoms with Crippen LogP contribution in [0.3, 0.4) is 0 Å². The lowest BCUT2D eigenvalue weighted by Crippen LogP contribution is -2.43. The molecule has 1 spiro atoms. The van der Waals surface area contributed by atoms with Crippen molar-refractivity contribution < 1.29 is 31.8 Å². The topological polar surface area (TPSA) is 35.5 Å². The molecular weight excluding hydrogens is 312 g/mol. The van der Waals surface area contributed by atoms with Gasteiger partial charge in [0, 0.05) is 18.3 Å². The Morgan fingerprint density at radius 3 is 2.86 bits per heavy atom. The lowest BCUT2D eigenvalue weighted by molar-refractivity contribution is -0.170. The number of halogens is 4. The van der Waals surface area contributed by atoms with Gasteiger partial charge in [0.2, 0.25) is 0 Å². The first kappa shape index (κ1) is 17.0. The Balaban J connectivity index is 1.78. The van der Waals surface area contributed by atoms with Gasteiger partial charge >= 0.3 is 12.3 Å². The van der Waals surface area contributed by atoms with Crippen molar-refractivity contribution >= 4 is 17.5 Å². The van der Waals surface area contributed by atoms with Crippen molar-refractivity contribution in [2.24, 2.45) is 5.92 Å². The number of hydrogen-bond acceptors (Lipinski definition) is 4. The maximum atomic E-state index is 12.7. The normalized spacial score (nSPS) is 30.2. The van der Waals surface area contributed by atoms with Crippen molar-refractivity contribution in [2.75, 3.05) is 31.3 Å². The zero-order valence-electron chi connectivity index (χ0n) is 11.5. The van der Waals surface area contributed by atoms with Crippen LogP contribution < -0.4 is 0 Å². The number of rotatable bonds is 6. The fourth-order valence-electron chi connectivity index (χ4n) is 2.63. The lowest BCUT2D eigenvalue weighted by Gasteiger charge is -2.37. The third-order valence-electron chi connectivity index (χ3n) is 3.87. The highest BCUT2D eigenvalue weighted by Gasteiger charge is 2.43. The van der Waals surface area contributed by atoms with Crippen LogP contribution in [0.2, 0.25) is 0 Å². The SMILES string of the molecule is O=C(COCC(F)(F)C(F)F)C1CCOC2(CCSC2)C1. The Bertz CT molecular complexity index is 372. The van der Waals surface area contributed by atoms with Gasteiger partial charge in [0.25, 0.3) is 0 Å². The number of carbonyl (C=O) groups excluding carboxylic acids is 1. The van der Waals surface area contributed by atoms with Crippen LogP contribution in [0, 0.1) is 5.92 Å². The Morgan fingerprint density at radius 1 is 1.48 bits per heavy atom. The van der Waals surface area contributed by atoms with Crippen molar-refractivity contribution in [1.82, 2.24) is 0 Å². The average Bonchev–Trinajstić information content (AvgIpc) is 2.86. The summed E-state index contributed by atoms with van der Waals surface area (Å²) in [7, 11) is 0. The van der Waals surface area contributed by atoms with Gasteiger partial charge in [-0.3, -0.25) is 4.79 Å². The highest BCUT2D eigenvalue weighted by molar-refractivity contribution is 7.99. The third-order valence-corrected chi connectivity index (χ3v) is 5.10. The molecule has 0 aromatic heterocycles. The second kappa shape index (κ2) is 6.83. The van der Waals surface area contributed by atoms with Gasteiger partial charge in [0.05, 0.1) is 5.60 Å². The predicted octanol–water partition coefficient (Wildman–Crippen LogP) is 2.77. The Hall–Kier alpha value is -0.340. The van der Waals surface area contributed by atoms with Gasteiger partial charge in [-0.05, 0) is 25.0 Å². The van der Waals surface area contributed by atoms with Crippen LogP contribution in [0.1, 0.15) is 19.3 Å². The summed E-state index contributed by atoms with van der Waals surface area (Å²) in [5.74, 6) is -2.99. The molecule has 2 rings (SSSR count). The van der Waals surface area contributed by atoms with E-state index in [1.807, 2.05) is 0 Å². The molecule has 3 nitrogen and oxygen atoms in total. The van der Waals surface area contributed by atoms with Crippen LogP contribution in [-0.2, 0) is 14.3 Å². The second-order valence-corrected chi connectivity index (χ2v) is 6.65. The first-order valence-corrected chi connectivity index (χ1v) is 7.98. The summed E-state index contributed by atoms with van der Waals surface area (Å²) in [6, 6.07) is 0. The minimum atomic E-state index is -4.21. The quantitative estimate of drug-likeness (QED) is 0.702. The van der Waals surface area contributed by atoms with Crippen LogP contribution >= 0.6 is 11.8 Å². The molecule has 0 amide bonds. The van der Waals surface area contributed by atoms with E-state index in [-0.39, 0.29) is 17.3 Å². The number of alkyl halides is 4. The van der Waals surface area contributed by atoms with Gasteiger partial charge in [-0.1, -0.05) is 0 Å². The average molecular weight is 330 g/mol. The van der Waals surface area contributed by atoms with E-state index in [9.17, 15) is 22.4 Å². The summed E-state index contributed by atoms with van der Waals surface area (Å²) < 4.78 is 59.5. The summed E-state index contributed by atoms with van der Waals surface area (Å²) in [6.07, 6.45) is -1.81. The molecule has 8 heteroatoms. The number of ether oxygens (including phenoxy) is 2. The van der Waals surface area contributed by atoms with E-state index in [4.69, 9.17) is 4.74 Å². The Morgan fingerprint density at radius 2 is 2.24 bits per heavy atom. The summed E-state index contributed by atoms with van der Waals surface area (Å²) in [4.78, 5) is 12.0. The van der Waals surface area contributed by atoms with Gasteiger partial charge < -0.3 is 9.47 Å². The highest BCUT2D eigenvalue weighted by Crippen LogP contribution is 2.40. The molecule has 2 aliphatic heterocycles. The fraction of sp³-hybridized carbons (Fsp3) is 0.923. The van der Waals surface area contributed by atoms with Crippen molar-refractivity contribution in [3.05, 3.63) is 0 Å². The number of thioether (sulfide) groups is 1. The van der Waals surface area contributed by atoms with Crippen LogP contribution in [0.25, 0.3) is 0 Å². The molecule has 122 valence electrons. The number of ketones is 1. The van der Waals surface area contributed by atoms with E-state index in [0.29, 0.717) is 19.4 Å². The molecule has 0 radical (unpaired) electrons. The predicted molar refractivity (Wildman–Crippen MR) is 70.1 cm³/mol. The Labute approximate surface area is 124 Å². The molecule has 2 unspecified atom stereocenters. The third kappa shape index (κ3) is 4.32. The van der Waals surface area contributed by atoms with Crippen LogP contribution in [0.15, 0.2) is 0 Å². The molecule has 0 saturated carbocycles. The van der Waals surface area contributed by atoms with E-state index in [1.54, 1.807) is 11.8 Å². The molecule has 0 bridgehead atoms. The van der Waals surface area contributed by atoms with Crippen molar-refractivity contribution in [2.45, 2.75) is 37.2 Å². The number of Topliss-reactive ketones (excluding diaryl/α,β-unsaturated/α-hetero) is 1. The zero-order valence-corrected chi connectivity index (χ0v) is 12.3. The van der Waals surface area contributed by atoms with Crippen molar-refractivity contribution in [3.8, 4) is 0 Å². The van der Waals surface area contributed by atoms with E-state index >= 15 is 0 Å². The molecule has 0 aliphatic carbocycles. The molecule has 2 heterocycles. The van der Waals surface area contributed by atoms with E-state index in [0.717, 1.165) is 17.9 Å². The second-order valence-electron chi connectivity index (χ2n) is 5.54. The standard InChI is InChI=1S/C13H18F4O3S/c14-11(15)13(16,17)7-19-6-10(18)9-1-3-20-12(5-9)2-4-21-8-12/h9,11H,1-8H2. The van der Waals surface area contributed by atoms with Gasteiger partial charge in [0.1, 0.15) is 13.2 Å². The van der Waals surface area contributed by atoms with Crippen LogP contribution in [-0.4, -0.2) is 55.1 Å². The molecule has 21 heavy (non-hydrogen) atoms. The maximum Gasteiger partial charge on any atom is 0.330 e. The summed E-state index contributed by atoms with van der Waals surface area (Å²) in [5.41, 5.74) is -0.282. The van der Waals surface area contributed by atoms with E-state index in [2.05, 4.69) is 4.74 Å². The molecule has 2 atom stereocenters. The van der Waals surface area contributed by atoms with E-state index in [1.165, 1.54) is 0 Å². The van der Waals surface area contributed by atoms with Crippen molar-refractivity contribution in [1.29, 1.82) is 0 Å². The van der Waals surface area contributed by atoms with Gasteiger partial charge in [0.15, 0.2) is 5.78 Å². The first-order valence-electron chi connectivity index (χ1n) is 6.83. The number of hydrogen-bond donors (Lipinski definition) is 0. The monoisotopic (exact) mass is 330 g/mol. The summed E-state index contributed by atoms with van der Waals surface area (Å²) >= 11 is 1.77. The fourth-order valence-corrected chi connectivity index (χ4v) is 4.01. The maximum absolute atomic E-state index is 12.7. The highest BCUT2D eigenvalue weighted by atomic mass is 32.2. The molecule has 2 fully saturated rings. The minimum absolute atomic E-state index is 0.282. The van der Waals surface area contributed by atoms with Crippen LogP contribution in [0.5, 0.6) is 0 Å². The smallest absolute Gasteiger partial charge is 0.330 e. The Kier molecular flexibility index (Phi) is 5.54. The summed E-state index contributed by atoms with van der Waals surface area (Å²) in [5, 5.41) is 0. The van der Waals surface area contributed by atoms with Gasteiger partial charge in [-0.2, -0.15) is 20.5 Å². The van der Waals surface area contributed by atoms with Crippen LogP contribution in [0.4, 0.5) is 17.6 Å². The molecule has 0 N–H and O–H groups in total. The van der Waals surface area contributed by atoms with Gasteiger partial charge in [-0.25, -0.2) is 8.78 Å². The van der Waals surface area contributed by atoms with Crippen molar-refractivity contribution in [3.63, 3.8) is 0 Å². The molecule has 2 aliphatic rings. The first-order chi connectivity index (χ1) is 9.85. The molecular formula is C13H18F4O3S.